The van der Waals surface area contributed by atoms with Gasteiger partial charge in [-0.1, -0.05) is 0 Å². The number of hydrogen-bond acceptors (Lipinski definition) is 7. The van der Waals surface area contributed by atoms with Gasteiger partial charge in [0.15, 0.2) is 0 Å². The molecule has 0 spiro atoms. The molecule has 2 saturated heterocycles. The van der Waals surface area contributed by atoms with Crippen LogP contribution in [0.2, 0.25) is 0 Å². The van der Waals surface area contributed by atoms with E-state index >= 15 is 0 Å². The normalized spacial score (nSPS) is 22.4. The van der Waals surface area contributed by atoms with Crippen LogP contribution in [-0.4, -0.2) is 69.0 Å². The van der Waals surface area contributed by atoms with E-state index in [9.17, 15) is 22.8 Å². The molecule has 0 unspecified atom stereocenters. The van der Waals surface area contributed by atoms with Crippen molar-refractivity contribution in [2.75, 3.05) is 6.54 Å². The van der Waals surface area contributed by atoms with E-state index < -0.39 is 40.3 Å². The molecule has 2 aliphatic heterocycles. The molecule has 13 nitrogen and oxygen atoms in total. The van der Waals surface area contributed by atoms with Crippen LogP contribution >= 0.6 is 0 Å². The molecular formula is C12H16N6O7S. The van der Waals surface area contributed by atoms with Crippen molar-refractivity contribution in [3.05, 3.63) is 18.7 Å². The zero-order valence-electron chi connectivity index (χ0n) is 13.3. The number of hydrazine groups is 1. The Balaban J connectivity index is 1.56. The second-order valence-corrected chi connectivity index (χ2v) is 6.79. The first-order chi connectivity index (χ1) is 12.2. The summed E-state index contributed by atoms with van der Waals surface area (Å²) in [5.41, 5.74) is 4.47. The summed E-state index contributed by atoms with van der Waals surface area (Å²) >= 11 is 0. The molecule has 4 amide bonds. The van der Waals surface area contributed by atoms with Crippen molar-refractivity contribution >= 4 is 28.2 Å². The molecule has 3 N–H and O–H groups in total. The average Bonchev–Trinajstić information content (AvgIpc) is 3.15. The summed E-state index contributed by atoms with van der Waals surface area (Å²) < 4.78 is 36.2. The third kappa shape index (κ3) is 3.92. The molecular weight excluding hydrogens is 372 g/mol. The number of amides is 4. The van der Waals surface area contributed by atoms with E-state index in [-0.39, 0.29) is 19.5 Å². The molecule has 0 saturated carbocycles. The van der Waals surface area contributed by atoms with Gasteiger partial charge in [-0.05, 0) is 12.8 Å². The van der Waals surface area contributed by atoms with Gasteiger partial charge in [0.1, 0.15) is 12.6 Å². The van der Waals surface area contributed by atoms with Gasteiger partial charge in [0.25, 0.3) is 11.8 Å². The minimum absolute atomic E-state index is 0.0500. The number of piperidine rings is 1. The third-order valence-electron chi connectivity index (χ3n) is 4.01. The largest absolute Gasteiger partial charge is 0.418 e. The van der Waals surface area contributed by atoms with E-state index in [0.29, 0.717) is 11.5 Å². The molecule has 2 atom stereocenters. The Morgan fingerprint density at radius 3 is 2.77 bits per heavy atom. The van der Waals surface area contributed by atoms with E-state index in [2.05, 4.69) is 20.1 Å². The molecule has 26 heavy (non-hydrogen) atoms. The summed E-state index contributed by atoms with van der Waals surface area (Å²) in [6, 6.07) is -2.35. The first-order valence-corrected chi connectivity index (χ1v) is 8.92. The SMILES string of the molecule is O=C(Cn1ccnc1)NNC(=O)[C@@H]1CC[C@@H]2CN1C(=O)N2OS(=O)(=O)O. The minimum Gasteiger partial charge on any atom is -0.328 e. The van der Waals surface area contributed by atoms with Gasteiger partial charge >= 0.3 is 16.4 Å². The van der Waals surface area contributed by atoms with Gasteiger partial charge in [0, 0.05) is 18.9 Å². The average molecular weight is 388 g/mol. The second kappa shape index (κ2) is 6.89. The van der Waals surface area contributed by atoms with Crippen molar-refractivity contribution in [2.24, 2.45) is 0 Å². The molecule has 3 rings (SSSR count). The van der Waals surface area contributed by atoms with Gasteiger partial charge < -0.3 is 9.47 Å². The zero-order valence-corrected chi connectivity index (χ0v) is 14.1. The molecule has 0 aliphatic carbocycles. The fourth-order valence-corrected chi connectivity index (χ4v) is 3.29. The van der Waals surface area contributed by atoms with Gasteiger partial charge in [0.05, 0.1) is 12.4 Å². The van der Waals surface area contributed by atoms with Crippen molar-refractivity contribution < 1.29 is 31.6 Å². The number of carbonyl (C=O) groups excluding carboxylic acids is 3. The molecule has 2 fully saturated rings. The second-order valence-electron chi connectivity index (χ2n) is 5.78. The van der Waals surface area contributed by atoms with Crippen LogP contribution in [0.3, 0.4) is 0 Å². The predicted molar refractivity (Wildman–Crippen MR) is 81.9 cm³/mol. The van der Waals surface area contributed by atoms with Gasteiger partial charge in [-0.25, -0.2) is 9.78 Å². The topological polar surface area (TPSA) is 163 Å². The zero-order chi connectivity index (χ0) is 18.9. The molecule has 2 aliphatic rings. The highest BCUT2D eigenvalue weighted by atomic mass is 32.3. The Kier molecular flexibility index (Phi) is 4.80. The number of hydrogen-bond donors (Lipinski definition) is 3. The standard InChI is InChI=1S/C12H16N6O7S/c19-10(6-16-4-3-13-7-16)14-15-11(20)9-2-1-8-5-17(9)12(21)18(8)25-26(22,23)24/h3-4,7-9H,1-2,5-6H2,(H,14,19)(H,15,20)(H,22,23,24)/t8-,9+/m1/s1. The van der Waals surface area contributed by atoms with Crippen molar-refractivity contribution in [3.63, 3.8) is 0 Å². The van der Waals surface area contributed by atoms with Crippen LogP contribution in [0.5, 0.6) is 0 Å². The number of imidazole rings is 1. The lowest BCUT2D eigenvalue weighted by Crippen LogP contribution is -2.54. The summed E-state index contributed by atoms with van der Waals surface area (Å²) in [4.78, 5) is 41.1. The Bertz CT molecular complexity index is 810. The first kappa shape index (κ1) is 18.1. The quantitative estimate of drug-likeness (QED) is 0.386. The Hall–Kier alpha value is -2.71. The van der Waals surface area contributed by atoms with Crippen LogP contribution in [0.4, 0.5) is 4.79 Å². The summed E-state index contributed by atoms with van der Waals surface area (Å²) in [5, 5.41) is 0.542. The van der Waals surface area contributed by atoms with Crippen LogP contribution in [0.1, 0.15) is 12.8 Å². The number of nitrogens with one attached hydrogen (secondary N) is 2. The molecule has 1 aromatic heterocycles. The highest BCUT2D eigenvalue weighted by Crippen LogP contribution is 2.30. The van der Waals surface area contributed by atoms with Gasteiger partial charge in [0.2, 0.25) is 0 Å². The van der Waals surface area contributed by atoms with Crippen molar-refractivity contribution in [3.8, 4) is 0 Å². The number of nitrogens with zero attached hydrogens (tertiary/aromatic N) is 4. The van der Waals surface area contributed by atoms with Gasteiger partial charge in [-0.2, -0.15) is 13.5 Å². The van der Waals surface area contributed by atoms with Crippen LogP contribution < -0.4 is 10.9 Å². The van der Waals surface area contributed by atoms with Gasteiger partial charge in [-0.3, -0.25) is 25.0 Å². The lowest BCUT2D eigenvalue weighted by atomic mass is 10.0. The van der Waals surface area contributed by atoms with Gasteiger partial charge in [-0.15, -0.1) is 4.28 Å². The van der Waals surface area contributed by atoms with E-state index in [0.717, 1.165) is 4.90 Å². The number of fused-ring (bicyclic) bond motifs is 2. The Morgan fingerprint density at radius 2 is 2.12 bits per heavy atom. The number of hydroxylamine groups is 2. The van der Waals surface area contributed by atoms with E-state index in [1.165, 1.54) is 17.1 Å². The molecule has 142 valence electrons. The highest BCUT2D eigenvalue weighted by Gasteiger charge is 2.49. The molecule has 1 aromatic rings. The molecule has 2 bridgehead atoms. The van der Waals surface area contributed by atoms with Crippen LogP contribution in [-0.2, 0) is 30.8 Å². The van der Waals surface area contributed by atoms with Crippen molar-refractivity contribution in [2.45, 2.75) is 31.5 Å². The Labute approximate surface area is 147 Å². The summed E-state index contributed by atoms with van der Waals surface area (Å²) in [7, 11) is -4.85. The van der Waals surface area contributed by atoms with E-state index in [1.807, 2.05) is 0 Å². The number of rotatable bonds is 5. The number of urea groups is 1. The lowest BCUT2D eigenvalue weighted by Gasteiger charge is -2.29. The number of aromatic nitrogens is 2. The maximum atomic E-state index is 12.3. The van der Waals surface area contributed by atoms with Crippen LogP contribution in [0.15, 0.2) is 18.7 Å². The lowest BCUT2D eigenvalue weighted by molar-refractivity contribution is -0.132. The first-order valence-electron chi connectivity index (χ1n) is 7.56. The molecule has 14 heteroatoms. The fraction of sp³-hybridized carbons (Fsp3) is 0.500. The van der Waals surface area contributed by atoms with Crippen LogP contribution in [0, 0.1) is 0 Å². The maximum absolute atomic E-state index is 12.3. The molecule has 0 radical (unpaired) electrons. The Morgan fingerprint density at radius 1 is 1.35 bits per heavy atom. The van der Waals surface area contributed by atoms with E-state index in [4.69, 9.17) is 4.55 Å². The monoisotopic (exact) mass is 388 g/mol. The minimum atomic E-state index is -4.85. The van der Waals surface area contributed by atoms with Crippen molar-refractivity contribution in [1.29, 1.82) is 0 Å². The molecule has 3 heterocycles. The summed E-state index contributed by atoms with van der Waals surface area (Å²) in [6.07, 6.45) is 5.05. The van der Waals surface area contributed by atoms with Crippen LogP contribution in [0.25, 0.3) is 0 Å². The summed E-state index contributed by atoms with van der Waals surface area (Å²) in [6.45, 7) is 0.0149. The van der Waals surface area contributed by atoms with Crippen molar-refractivity contribution in [1.82, 2.24) is 30.4 Å². The van der Waals surface area contributed by atoms with E-state index in [1.54, 1.807) is 6.20 Å². The number of carbonyl (C=O) groups is 3. The predicted octanol–water partition coefficient (Wildman–Crippen LogP) is -1.97. The third-order valence-corrected chi connectivity index (χ3v) is 4.36. The fourth-order valence-electron chi connectivity index (χ4n) is 2.90. The maximum Gasteiger partial charge on any atom is 0.418 e. The molecule has 0 aromatic carbocycles. The smallest absolute Gasteiger partial charge is 0.328 e. The summed E-state index contributed by atoms with van der Waals surface area (Å²) in [5.74, 6) is -1.11. The highest BCUT2D eigenvalue weighted by molar-refractivity contribution is 7.80.